The summed E-state index contributed by atoms with van der Waals surface area (Å²) < 4.78 is 3.43. The third kappa shape index (κ3) is 3.69. The molecule has 0 aliphatic carbocycles. The van der Waals surface area contributed by atoms with E-state index in [1.165, 1.54) is 11.8 Å². The molecule has 0 bridgehead atoms. The molecular weight excluding hydrogens is 400 g/mol. The Balaban J connectivity index is 1.56. The predicted octanol–water partition coefficient (Wildman–Crippen LogP) is 3.09. The van der Waals surface area contributed by atoms with Gasteiger partial charge in [-0.15, -0.1) is 0 Å². The lowest BCUT2D eigenvalue weighted by molar-refractivity contribution is -0.116. The molecule has 8 nitrogen and oxygen atoms in total. The van der Waals surface area contributed by atoms with Crippen LogP contribution in [0.5, 0.6) is 0 Å². The first-order valence-corrected chi connectivity index (χ1v) is 10.8. The van der Waals surface area contributed by atoms with Gasteiger partial charge in [-0.2, -0.15) is 5.10 Å². The van der Waals surface area contributed by atoms with Crippen molar-refractivity contribution < 1.29 is 4.79 Å². The first-order valence-electron chi connectivity index (χ1n) is 9.86. The monoisotopic (exact) mass is 426 g/mol. The maximum absolute atomic E-state index is 13.1. The van der Waals surface area contributed by atoms with Gasteiger partial charge in [-0.3, -0.25) is 14.2 Å². The summed E-state index contributed by atoms with van der Waals surface area (Å²) in [4.78, 5) is 32.5. The molecule has 1 N–H and O–H groups in total. The van der Waals surface area contributed by atoms with Crippen molar-refractivity contribution >= 4 is 40.1 Å². The maximum atomic E-state index is 13.1. The Hall–Kier alpha value is -2.81. The average molecular weight is 427 g/mol. The first kappa shape index (κ1) is 20.5. The SMILES string of the molecule is CN(C)c1ccc(NC(=O)CC2CSc3nc4c(cnn4C(C)(C)C)c(=O)n32)cc1. The molecule has 4 rings (SSSR count). The Kier molecular flexibility index (Phi) is 5.09. The van der Waals surface area contributed by atoms with Gasteiger partial charge < -0.3 is 10.2 Å². The Morgan fingerprint density at radius 1 is 1.27 bits per heavy atom. The van der Waals surface area contributed by atoms with Crippen LogP contribution in [0.1, 0.15) is 33.2 Å². The van der Waals surface area contributed by atoms with E-state index < -0.39 is 0 Å². The number of nitrogens with one attached hydrogen (secondary N) is 1. The highest BCUT2D eigenvalue weighted by molar-refractivity contribution is 7.99. The molecule has 158 valence electrons. The number of nitrogens with zero attached hydrogens (tertiary/aromatic N) is 5. The highest BCUT2D eigenvalue weighted by atomic mass is 32.2. The summed E-state index contributed by atoms with van der Waals surface area (Å²) in [6.45, 7) is 6.08. The largest absolute Gasteiger partial charge is 0.378 e. The Morgan fingerprint density at radius 2 is 1.97 bits per heavy atom. The van der Waals surface area contributed by atoms with Crippen LogP contribution in [0.15, 0.2) is 40.4 Å². The van der Waals surface area contributed by atoms with Gasteiger partial charge in [0.15, 0.2) is 10.8 Å². The second-order valence-electron chi connectivity index (χ2n) is 8.69. The van der Waals surface area contributed by atoms with Gasteiger partial charge in [-0.05, 0) is 45.0 Å². The fraction of sp³-hybridized carbons (Fsp3) is 0.429. The summed E-state index contributed by atoms with van der Waals surface area (Å²) in [5.41, 5.74) is 1.99. The smallest absolute Gasteiger partial charge is 0.265 e. The Labute approximate surface area is 179 Å². The van der Waals surface area contributed by atoms with Gasteiger partial charge in [0.25, 0.3) is 5.56 Å². The van der Waals surface area contributed by atoms with E-state index in [-0.39, 0.29) is 29.5 Å². The van der Waals surface area contributed by atoms with E-state index in [9.17, 15) is 9.59 Å². The zero-order valence-electron chi connectivity index (χ0n) is 17.8. The molecule has 2 aromatic heterocycles. The number of hydrogen-bond acceptors (Lipinski definition) is 6. The highest BCUT2D eigenvalue weighted by Gasteiger charge is 2.30. The number of carbonyl (C=O) groups is 1. The van der Waals surface area contributed by atoms with Crippen LogP contribution in [0.2, 0.25) is 0 Å². The molecule has 1 unspecified atom stereocenters. The topological polar surface area (TPSA) is 85.1 Å². The standard InChI is InChI=1S/C21H26N6O2S/c1-21(2,3)27-18-16(11-22-27)19(29)26-15(12-30-20(26)24-18)10-17(28)23-13-6-8-14(9-7-13)25(4)5/h6-9,11,15H,10,12H2,1-5H3,(H,23,28). The predicted molar refractivity (Wildman–Crippen MR) is 121 cm³/mol. The number of anilines is 2. The lowest BCUT2D eigenvalue weighted by Gasteiger charge is -2.20. The molecule has 0 spiro atoms. The van der Waals surface area contributed by atoms with Crippen molar-refractivity contribution in [2.45, 2.75) is 43.9 Å². The van der Waals surface area contributed by atoms with Crippen molar-refractivity contribution in [2.24, 2.45) is 0 Å². The van der Waals surface area contributed by atoms with Crippen molar-refractivity contribution in [2.75, 3.05) is 30.1 Å². The van der Waals surface area contributed by atoms with Crippen molar-refractivity contribution in [3.05, 3.63) is 40.8 Å². The molecule has 30 heavy (non-hydrogen) atoms. The number of carbonyl (C=O) groups excluding carboxylic acids is 1. The molecule has 9 heteroatoms. The molecular formula is C21H26N6O2S. The fourth-order valence-corrected chi connectivity index (χ4v) is 4.67. The van der Waals surface area contributed by atoms with E-state index in [0.717, 1.165) is 11.4 Å². The zero-order chi connectivity index (χ0) is 21.6. The number of fused-ring (bicyclic) bond motifs is 2. The fourth-order valence-electron chi connectivity index (χ4n) is 3.54. The van der Waals surface area contributed by atoms with E-state index in [4.69, 9.17) is 4.98 Å². The second-order valence-corrected chi connectivity index (χ2v) is 9.68. The summed E-state index contributed by atoms with van der Waals surface area (Å²) in [7, 11) is 3.94. The third-order valence-corrected chi connectivity index (χ3v) is 6.19. The molecule has 1 amide bonds. The molecule has 1 aliphatic heterocycles. The van der Waals surface area contributed by atoms with Crippen LogP contribution in [-0.4, -0.2) is 45.1 Å². The van der Waals surface area contributed by atoms with Gasteiger partial charge in [0.1, 0.15) is 5.39 Å². The molecule has 0 saturated heterocycles. The Bertz CT molecular complexity index is 1160. The molecule has 1 atom stereocenters. The lowest BCUT2D eigenvalue weighted by Crippen LogP contribution is -2.29. The number of amides is 1. The van der Waals surface area contributed by atoms with E-state index in [0.29, 0.717) is 21.9 Å². The summed E-state index contributed by atoms with van der Waals surface area (Å²) in [5, 5.41) is 8.44. The van der Waals surface area contributed by atoms with E-state index in [1.807, 2.05) is 64.0 Å². The van der Waals surface area contributed by atoms with Crippen molar-refractivity contribution in [1.29, 1.82) is 0 Å². The van der Waals surface area contributed by atoms with Gasteiger partial charge in [0.05, 0.1) is 17.8 Å². The van der Waals surface area contributed by atoms with Crippen molar-refractivity contribution in [3.8, 4) is 0 Å². The molecule has 3 heterocycles. The van der Waals surface area contributed by atoms with Crippen LogP contribution >= 0.6 is 11.8 Å². The second kappa shape index (κ2) is 7.46. The van der Waals surface area contributed by atoms with E-state index >= 15 is 0 Å². The van der Waals surface area contributed by atoms with Crippen LogP contribution in [0.25, 0.3) is 11.0 Å². The van der Waals surface area contributed by atoms with Gasteiger partial charge in [-0.25, -0.2) is 9.67 Å². The van der Waals surface area contributed by atoms with Gasteiger partial charge in [-0.1, -0.05) is 11.8 Å². The normalized spacial score (nSPS) is 16.0. The van der Waals surface area contributed by atoms with Crippen molar-refractivity contribution in [1.82, 2.24) is 19.3 Å². The average Bonchev–Trinajstić information content (AvgIpc) is 3.27. The minimum atomic E-state index is -0.273. The van der Waals surface area contributed by atoms with Gasteiger partial charge in [0.2, 0.25) is 5.91 Å². The lowest BCUT2D eigenvalue weighted by atomic mass is 10.1. The maximum Gasteiger partial charge on any atom is 0.265 e. The zero-order valence-corrected chi connectivity index (χ0v) is 18.7. The highest BCUT2D eigenvalue weighted by Crippen LogP contribution is 2.34. The summed E-state index contributed by atoms with van der Waals surface area (Å²) >= 11 is 1.51. The van der Waals surface area contributed by atoms with Gasteiger partial charge >= 0.3 is 0 Å². The number of hydrogen-bond donors (Lipinski definition) is 1. The molecule has 0 fully saturated rings. The molecule has 3 aromatic rings. The van der Waals surface area contributed by atoms with Crippen LogP contribution in [-0.2, 0) is 10.3 Å². The summed E-state index contributed by atoms with van der Waals surface area (Å²) in [5.74, 6) is 0.522. The summed E-state index contributed by atoms with van der Waals surface area (Å²) in [6.07, 6.45) is 1.80. The third-order valence-electron chi connectivity index (χ3n) is 5.09. The van der Waals surface area contributed by atoms with Gasteiger partial charge in [0, 0.05) is 37.6 Å². The molecule has 1 aliphatic rings. The number of aromatic nitrogens is 4. The van der Waals surface area contributed by atoms with Crippen LogP contribution in [0.3, 0.4) is 0 Å². The van der Waals surface area contributed by atoms with E-state index in [2.05, 4.69) is 10.4 Å². The number of thioether (sulfide) groups is 1. The molecule has 0 radical (unpaired) electrons. The van der Waals surface area contributed by atoms with Crippen LogP contribution < -0.4 is 15.8 Å². The molecule has 1 aromatic carbocycles. The van der Waals surface area contributed by atoms with Crippen LogP contribution in [0.4, 0.5) is 11.4 Å². The minimum Gasteiger partial charge on any atom is -0.378 e. The number of benzene rings is 1. The van der Waals surface area contributed by atoms with Crippen LogP contribution in [0, 0.1) is 0 Å². The number of rotatable bonds is 4. The quantitative estimate of drug-likeness (QED) is 0.646. The minimum absolute atomic E-state index is 0.122. The Morgan fingerprint density at radius 3 is 2.60 bits per heavy atom. The summed E-state index contributed by atoms with van der Waals surface area (Å²) in [6, 6.07) is 7.43. The molecule has 0 saturated carbocycles. The van der Waals surface area contributed by atoms with E-state index in [1.54, 1.807) is 15.4 Å². The first-order chi connectivity index (χ1) is 14.1. The van der Waals surface area contributed by atoms with Crippen molar-refractivity contribution in [3.63, 3.8) is 0 Å².